The summed E-state index contributed by atoms with van der Waals surface area (Å²) in [4.78, 5) is 16.0. The van der Waals surface area contributed by atoms with E-state index in [1.54, 1.807) is 24.5 Å². The number of benzene rings is 1. The number of hydrogen-bond donors (Lipinski definition) is 1. The minimum Gasteiger partial charge on any atom is -0.298 e. The Morgan fingerprint density at radius 1 is 1.20 bits per heavy atom. The highest BCUT2D eigenvalue weighted by Crippen LogP contribution is 2.14. The Morgan fingerprint density at radius 2 is 2.00 bits per heavy atom. The van der Waals surface area contributed by atoms with Gasteiger partial charge in [0.25, 0.3) is 5.91 Å². The van der Waals surface area contributed by atoms with Crippen LogP contribution in [0.15, 0.2) is 48.1 Å². The number of nitrogens with zero attached hydrogens (tertiary/aromatic N) is 3. The molecular weight excluding hydrogens is 272 g/mol. The molecule has 0 aliphatic rings. The lowest BCUT2D eigenvalue weighted by atomic mass is 10.2. The summed E-state index contributed by atoms with van der Waals surface area (Å²) in [6.07, 6.45) is 3.41. The molecule has 0 atom stereocenters. The van der Waals surface area contributed by atoms with Gasteiger partial charge in [-0.1, -0.05) is 0 Å². The third-order valence-electron chi connectivity index (χ3n) is 2.86. The van der Waals surface area contributed by atoms with Crippen LogP contribution in [0, 0.1) is 6.92 Å². The zero-order chi connectivity index (χ0) is 13.9. The highest BCUT2D eigenvalue weighted by molar-refractivity contribution is 7.13. The van der Waals surface area contributed by atoms with Crippen LogP contribution < -0.4 is 5.32 Å². The smallest absolute Gasteiger partial charge is 0.257 e. The fourth-order valence-corrected chi connectivity index (χ4v) is 2.37. The van der Waals surface area contributed by atoms with Gasteiger partial charge >= 0.3 is 0 Å². The zero-order valence-electron chi connectivity index (χ0n) is 10.8. The number of amides is 1. The minimum absolute atomic E-state index is 0.163. The first-order valence-corrected chi connectivity index (χ1v) is 6.94. The number of anilines is 1. The minimum atomic E-state index is -0.163. The highest BCUT2D eigenvalue weighted by Gasteiger charge is 2.08. The lowest BCUT2D eigenvalue weighted by molar-refractivity contribution is 0.102. The molecule has 0 saturated carbocycles. The molecule has 5 nitrogen and oxygen atoms in total. The maximum absolute atomic E-state index is 12.0. The van der Waals surface area contributed by atoms with Crippen LogP contribution in [0.5, 0.6) is 0 Å². The molecule has 100 valence electrons. The second kappa shape index (κ2) is 5.26. The number of hydrogen-bond acceptors (Lipinski definition) is 4. The number of thiazole rings is 1. The summed E-state index contributed by atoms with van der Waals surface area (Å²) in [7, 11) is 0. The Bertz CT molecular complexity index is 716. The molecular formula is C14H12N4OS. The Kier molecular flexibility index (Phi) is 3.30. The van der Waals surface area contributed by atoms with Gasteiger partial charge in [0.05, 0.1) is 5.69 Å². The van der Waals surface area contributed by atoms with Gasteiger partial charge in [0.1, 0.15) is 0 Å². The predicted octanol–water partition coefficient (Wildman–Crippen LogP) is 2.89. The van der Waals surface area contributed by atoms with Gasteiger partial charge in [-0.05, 0) is 37.3 Å². The maximum Gasteiger partial charge on any atom is 0.257 e. The van der Waals surface area contributed by atoms with Crippen molar-refractivity contribution in [2.75, 3.05) is 5.32 Å². The highest BCUT2D eigenvalue weighted by atomic mass is 32.1. The maximum atomic E-state index is 12.0. The van der Waals surface area contributed by atoms with Crippen molar-refractivity contribution in [2.24, 2.45) is 0 Å². The van der Waals surface area contributed by atoms with E-state index in [1.165, 1.54) is 11.3 Å². The number of rotatable bonds is 3. The number of nitrogens with one attached hydrogen (secondary N) is 1. The molecule has 1 N–H and O–H groups in total. The Labute approximate surface area is 119 Å². The van der Waals surface area contributed by atoms with E-state index in [-0.39, 0.29) is 5.91 Å². The summed E-state index contributed by atoms with van der Waals surface area (Å²) in [5.41, 5.74) is 2.57. The molecule has 0 saturated heterocycles. The van der Waals surface area contributed by atoms with Crippen LogP contribution in [0.3, 0.4) is 0 Å². The number of carbonyl (C=O) groups excluding carboxylic acids is 1. The zero-order valence-corrected chi connectivity index (χ0v) is 11.6. The molecule has 3 rings (SSSR count). The van der Waals surface area contributed by atoms with Gasteiger partial charge in [-0.15, -0.1) is 11.3 Å². The standard InChI is InChI=1S/C14H12N4OS/c1-10-6-7-16-18(10)12-4-2-11(3-5-12)13(19)17-14-15-8-9-20-14/h2-9H,1H3,(H,15,17,19). The van der Waals surface area contributed by atoms with Crippen LogP contribution in [-0.4, -0.2) is 20.7 Å². The second-order valence-corrected chi connectivity index (χ2v) is 5.12. The molecule has 0 radical (unpaired) electrons. The van der Waals surface area contributed by atoms with Crippen molar-refractivity contribution < 1.29 is 4.79 Å². The number of aromatic nitrogens is 3. The van der Waals surface area contributed by atoms with Crippen LogP contribution in [-0.2, 0) is 0 Å². The monoisotopic (exact) mass is 284 g/mol. The fourth-order valence-electron chi connectivity index (χ4n) is 1.85. The van der Waals surface area contributed by atoms with Crippen molar-refractivity contribution >= 4 is 22.4 Å². The SMILES string of the molecule is Cc1ccnn1-c1ccc(C(=O)Nc2nccs2)cc1. The Hall–Kier alpha value is -2.47. The first kappa shape index (κ1) is 12.6. The van der Waals surface area contributed by atoms with E-state index < -0.39 is 0 Å². The van der Waals surface area contributed by atoms with E-state index in [0.29, 0.717) is 10.7 Å². The van der Waals surface area contributed by atoms with Crippen molar-refractivity contribution in [3.05, 3.63) is 59.4 Å². The summed E-state index contributed by atoms with van der Waals surface area (Å²) in [6.45, 7) is 1.98. The van der Waals surface area contributed by atoms with E-state index in [4.69, 9.17) is 0 Å². The average molecular weight is 284 g/mol. The summed E-state index contributed by atoms with van der Waals surface area (Å²) in [5.74, 6) is -0.163. The van der Waals surface area contributed by atoms with Gasteiger partial charge in [0, 0.05) is 29.0 Å². The van der Waals surface area contributed by atoms with Gasteiger partial charge in [-0.25, -0.2) is 9.67 Å². The van der Waals surface area contributed by atoms with Crippen molar-refractivity contribution in [3.8, 4) is 5.69 Å². The average Bonchev–Trinajstić information content (AvgIpc) is 3.10. The van der Waals surface area contributed by atoms with Crippen molar-refractivity contribution in [3.63, 3.8) is 0 Å². The Morgan fingerprint density at radius 3 is 2.60 bits per heavy atom. The molecule has 2 aromatic heterocycles. The number of aryl methyl sites for hydroxylation is 1. The molecule has 1 aromatic carbocycles. The molecule has 20 heavy (non-hydrogen) atoms. The van der Waals surface area contributed by atoms with E-state index >= 15 is 0 Å². The summed E-state index contributed by atoms with van der Waals surface area (Å²) >= 11 is 1.39. The first-order chi connectivity index (χ1) is 9.74. The molecule has 0 bridgehead atoms. The van der Waals surface area contributed by atoms with Gasteiger partial charge in [-0.2, -0.15) is 5.10 Å². The normalized spacial score (nSPS) is 10.4. The van der Waals surface area contributed by atoms with Crippen LogP contribution in [0.2, 0.25) is 0 Å². The molecule has 0 spiro atoms. The van der Waals surface area contributed by atoms with E-state index in [0.717, 1.165) is 11.4 Å². The quantitative estimate of drug-likeness (QED) is 0.804. The molecule has 6 heteroatoms. The number of carbonyl (C=O) groups is 1. The topological polar surface area (TPSA) is 59.8 Å². The van der Waals surface area contributed by atoms with Crippen molar-refractivity contribution in [1.82, 2.24) is 14.8 Å². The van der Waals surface area contributed by atoms with E-state index in [2.05, 4.69) is 15.4 Å². The summed E-state index contributed by atoms with van der Waals surface area (Å²) in [5, 5.41) is 9.40. The van der Waals surface area contributed by atoms with E-state index in [9.17, 15) is 4.79 Å². The van der Waals surface area contributed by atoms with Crippen molar-refractivity contribution in [2.45, 2.75) is 6.92 Å². The van der Waals surface area contributed by atoms with Gasteiger partial charge in [0.15, 0.2) is 5.13 Å². The second-order valence-electron chi connectivity index (χ2n) is 4.22. The fraction of sp³-hybridized carbons (Fsp3) is 0.0714. The van der Waals surface area contributed by atoms with Crippen LogP contribution in [0.4, 0.5) is 5.13 Å². The van der Waals surface area contributed by atoms with Crippen molar-refractivity contribution in [1.29, 1.82) is 0 Å². The van der Waals surface area contributed by atoms with Crippen LogP contribution in [0.25, 0.3) is 5.69 Å². The third-order valence-corrected chi connectivity index (χ3v) is 3.55. The van der Waals surface area contributed by atoms with Crippen LogP contribution in [0.1, 0.15) is 16.1 Å². The van der Waals surface area contributed by atoms with Crippen LogP contribution >= 0.6 is 11.3 Å². The largest absolute Gasteiger partial charge is 0.298 e. The van der Waals surface area contributed by atoms with Gasteiger partial charge in [0.2, 0.25) is 0 Å². The molecule has 0 fully saturated rings. The summed E-state index contributed by atoms with van der Waals surface area (Å²) < 4.78 is 1.82. The van der Waals surface area contributed by atoms with E-state index in [1.807, 2.05) is 35.2 Å². The molecule has 0 aliphatic heterocycles. The van der Waals surface area contributed by atoms with Gasteiger partial charge in [-0.3, -0.25) is 10.1 Å². The first-order valence-electron chi connectivity index (χ1n) is 6.06. The lowest BCUT2D eigenvalue weighted by Crippen LogP contribution is -2.11. The predicted molar refractivity (Wildman–Crippen MR) is 78.4 cm³/mol. The molecule has 2 heterocycles. The Balaban J connectivity index is 1.79. The lowest BCUT2D eigenvalue weighted by Gasteiger charge is -2.06. The molecule has 1 amide bonds. The molecule has 3 aromatic rings. The summed E-state index contributed by atoms with van der Waals surface area (Å²) in [6, 6.07) is 9.23. The van der Waals surface area contributed by atoms with Gasteiger partial charge < -0.3 is 0 Å². The third kappa shape index (κ3) is 2.46. The molecule has 0 aliphatic carbocycles. The molecule has 0 unspecified atom stereocenters.